The first kappa shape index (κ1) is 25.9. The van der Waals surface area contributed by atoms with Gasteiger partial charge in [-0.3, -0.25) is 14.9 Å². The molecule has 2 aromatic carbocycles. The Morgan fingerprint density at radius 2 is 1.93 bits per heavy atom. The molecule has 2 aliphatic rings. The third kappa shape index (κ3) is 5.00. The number of carbonyl (C=O) groups is 1. The van der Waals surface area contributed by atoms with Crippen LogP contribution in [0.1, 0.15) is 47.1 Å². The topological polar surface area (TPSA) is 108 Å². The molecule has 1 saturated heterocycles. The van der Waals surface area contributed by atoms with Gasteiger partial charge in [-0.05, 0) is 56.3 Å². The number of fused-ring (bicyclic) bond motifs is 1. The number of ether oxygens (including phenoxy) is 1. The van der Waals surface area contributed by atoms with Crippen LogP contribution >= 0.6 is 0 Å². The van der Waals surface area contributed by atoms with Crippen molar-refractivity contribution in [3.63, 3.8) is 0 Å². The van der Waals surface area contributed by atoms with Crippen LogP contribution < -0.4 is 15.4 Å². The molecule has 0 unspecified atom stereocenters. The van der Waals surface area contributed by atoms with Gasteiger partial charge in [-0.15, -0.1) is 0 Å². The second kappa shape index (κ2) is 10.6. The van der Waals surface area contributed by atoms with Crippen LogP contribution in [0.5, 0.6) is 5.75 Å². The number of anilines is 1. The van der Waals surface area contributed by atoms with Crippen molar-refractivity contribution >= 4 is 11.6 Å². The number of rotatable bonds is 6. The van der Waals surface area contributed by atoms with Gasteiger partial charge in [0.15, 0.2) is 23.2 Å². The number of aromatic amines is 1. The zero-order valence-electron chi connectivity index (χ0n) is 22.0. The fourth-order valence-corrected chi connectivity index (χ4v) is 5.34. The molecule has 1 amide bonds. The molecule has 0 spiro atoms. The third-order valence-corrected chi connectivity index (χ3v) is 7.64. The monoisotopic (exact) mass is 545 g/mol. The average molecular weight is 546 g/mol. The van der Waals surface area contributed by atoms with Crippen molar-refractivity contribution in [1.29, 1.82) is 0 Å². The number of halogens is 2. The largest absolute Gasteiger partial charge is 0.490 e. The highest BCUT2D eigenvalue weighted by Gasteiger charge is 2.39. The maximum Gasteiger partial charge on any atom is 0.251 e. The van der Waals surface area contributed by atoms with Gasteiger partial charge in [0.2, 0.25) is 5.82 Å². The molecule has 1 fully saturated rings. The lowest BCUT2D eigenvalue weighted by molar-refractivity contribution is 0.0923. The van der Waals surface area contributed by atoms with Crippen LogP contribution in [0.4, 0.5) is 14.5 Å². The zero-order chi connectivity index (χ0) is 27.7. The highest BCUT2D eigenvalue weighted by Crippen LogP contribution is 2.37. The molecule has 2 aliphatic heterocycles. The van der Waals surface area contributed by atoms with Crippen molar-refractivity contribution in [2.45, 2.75) is 30.8 Å². The van der Waals surface area contributed by atoms with Crippen LogP contribution in [-0.4, -0.2) is 57.7 Å². The molecule has 9 nitrogen and oxygen atoms in total. The van der Waals surface area contributed by atoms with E-state index in [1.54, 1.807) is 24.5 Å². The van der Waals surface area contributed by atoms with E-state index in [1.165, 1.54) is 6.07 Å². The predicted octanol–water partition coefficient (Wildman–Crippen LogP) is 4.43. The smallest absolute Gasteiger partial charge is 0.251 e. The summed E-state index contributed by atoms with van der Waals surface area (Å²) in [5.74, 6) is -1.15. The molecule has 206 valence electrons. The van der Waals surface area contributed by atoms with Gasteiger partial charge < -0.3 is 20.3 Å². The van der Waals surface area contributed by atoms with Gasteiger partial charge in [-0.1, -0.05) is 12.1 Å². The number of hydrogen-bond donors (Lipinski definition) is 3. The van der Waals surface area contributed by atoms with Crippen molar-refractivity contribution in [2.24, 2.45) is 0 Å². The van der Waals surface area contributed by atoms with E-state index < -0.39 is 23.2 Å². The van der Waals surface area contributed by atoms with Gasteiger partial charge >= 0.3 is 0 Å². The predicted molar refractivity (Wildman–Crippen MR) is 145 cm³/mol. The van der Waals surface area contributed by atoms with Crippen molar-refractivity contribution in [2.75, 3.05) is 32.1 Å². The van der Waals surface area contributed by atoms with E-state index in [2.05, 4.69) is 37.8 Å². The number of carbonyl (C=O) groups excluding carboxylic acids is 1. The lowest BCUT2D eigenvalue weighted by atomic mass is 9.86. The third-order valence-electron chi connectivity index (χ3n) is 7.64. The number of nitrogens with one attached hydrogen (secondary N) is 3. The lowest BCUT2D eigenvalue weighted by Gasteiger charge is -2.40. The Morgan fingerprint density at radius 3 is 2.73 bits per heavy atom. The van der Waals surface area contributed by atoms with Crippen LogP contribution in [0.15, 0.2) is 60.9 Å². The van der Waals surface area contributed by atoms with Crippen LogP contribution in [0, 0.1) is 11.6 Å². The van der Waals surface area contributed by atoms with Gasteiger partial charge in [0, 0.05) is 54.3 Å². The van der Waals surface area contributed by atoms with Gasteiger partial charge in [-0.25, -0.2) is 9.37 Å². The van der Waals surface area contributed by atoms with E-state index >= 15 is 0 Å². The minimum absolute atomic E-state index is 0.144. The molecule has 2 aromatic heterocycles. The molecule has 0 radical (unpaired) electrons. The van der Waals surface area contributed by atoms with Gasteiger partial charge in [0.05, 0.1) is 18.2 Å². The number of nitrogens with zero attached hydrogens (tertiary/aromatic N) is 4. The molecular weight excluding hydrogens is 516 g/mol. The molecule has 40 heavy (non-hydrogen) atoms. The summed E-state index contributed by atoms with van der Waals surface area (Å²) in [4.78, 5) is 24.5. The van der Waals surface area contributed by atoms with E-state index in [-0.39, 0.29) is 18.3 Å². The Balaban J connectivity index is 1.24. The summed E-state index contributed by atoms with van der Waals surface area (Å²) in [6.45, 7) is 1.90. The fourth-order valence-electron chi connectivity index (χ4n) is 5.34. The summed E-state index contributed by atoms with van der Waals surface area (Å²) in [5.41, 5.74) is 1.99. The molecule has 0 bridgehead atoms. The van der Waals surface area contributed by atoms with E-state index in [0.717, 1.165) is 49.1 Å². The number of hydrogen-bond acceptors (Lipinski definition) is 7. The zero-order valence-corrected chi connectivity index (χ0v) is 22.0. The Hall–Kier alpha value is -4.38. The normalized spacial score (nSPS) is 18.4. The number of amides is 1. The van der Waals surface area contributed by atoms with Crippen molar-refractivity contribution < 1.29 is 18.3 Å². The Morgan fingerprint density at radius 1 is 1.12 bits per heavy atom. The van der Waals surface area contributed by atoms with E-state index in [0.29, 0.717) is 23.4 Å². The van der Waals surface area contributed by atoms with Gasteiger partial charge in [0.25, 0.3) is 5.91 Å². The first-order valence-corrected chi connectivity index (χ1v) is 13.2. The van der Waals surface area contributed by atoms with E-state index in [9.17, 15) is 13.6 Å². The first-order chi connectivity index (χ1) is 19.4. The fraction of sp³-hybridized carbons (Fsp3) is 0.310. The highest BCUT2D eigenvalue weighted by atomic mass is 19.2. The molecule has 0 saturated carbocycles. The number of piperidine rings is 1. The second-order valence-electron chi connectivity index (χ2n) is 10.3. The second-order valence-corrected chi connectivity index (χ2v) is 10.3. The molecule has 1 atom stereocenters. The average Bonchev–Trinajstić information content (AvgIpc) is 3.49. The van der Waals surface area contributed by atoms with Crippen LogP contribution in [-0.2, 0) is 5.54 Å². The van der Waals surface area contributed by atoms with E-state index in [4.69, 9.17) is 9.72 Å². The summed E-state index contributed by atoms with van der Waals surface area (Å²) < 4.78 is 33.3. The van der Waals surface area contributed by atoms with Crippen molar-refractivity contribution in [1.82, 2.24) is 30.4 Å². The van der Waals surface area contributed by atoms with Crippen LogP contribution in [0.3, 0.4) is 0 Å². The highest BCUT2D eigenvalue weighted by molar-refractivity contribution is 5.95. The van der Waals surface area contributed by atoms with Crippen molar-refractivity contribution in [3.8, 4) is 17.1 Å². The molecule has 11 heteroatoms. The maximum absolute atomic E-state index is 14.3. The lowest BCUT2D eigenvalue weighted by Crippen LogP contribution is -2.46. The summed E-state index contributed by atoms with van der Waals surface area (Å²) in [6, 6.07) is 13.0. The van der Waals surface area contributed by atoms with Crippen LogP contribution in [0.25, 0.3) is 11.4 Å². The van der Waals surface area contributed by atoms with Gasteiger partial charge in [0.1, 0.15) is 0 Å². The van der Waals surface area contributed by atoms with Crippen molar-refractivity contribution in [3.05, 3.63) is 89.5 Å². The Labute approximate surface area is 230 Å². The maximum atomic E-state index is 14.3. The quantitative estimate of drug-likeness (QED) is 0.329. The number of benzene rings is 2. The molecule has 0 aliphatic carbocycles. The van der Waals surface area contributed by atoms with Crippen LogP contribution in [0.2, 0.25) is 0 Å². The molecule has 4 heterocycles. The summed E-state index contributed by atoms with van der Waals surface area (Å²) in [5, 5.41) is 14.2. The van der Waals surface area contributed by atoms with E-state index in [1.807, 2.05) is 24.3 Å². The molecular formula is C29H29F2N7O2. The van der Waals surface area contributed by atoms with Gasteiger partial charge in [-0.2, -0.15) is 9.49 Å². The number of H-pyrrole nitrogens is 1. The molecule has 6 rings (SSSR count). The summed E-state index contributed by atoms with van der Waals surface area (Å²) in [6.07, 6.45) is 5.43. The molecule has 3 N–H and O–H groups in total. The minimum Gasteiger partial charge on any atom is -0.490 e. The standard InChI is InChI=1S/C29H29F2N7O2/c1-38-14-10-29(11-15-38,28-34-26(36-37-28)18-7-12-32-13-8-18)35-20-4-2-3-19(17-20)27(39)33-23-9-16-40-25-21(23)5-6-22(30)24(25)31/h2-8,12-13,17,23,35H,9-11,14-16H2,1H3,(H,33,39)(H,34,36,37)/t23-/m0/s1. The summed E-state index contributed by atoms with van der Waals surface area (Å²) in [7, 11) is 2.09. The molecule has 4 aromatic rings. The number of likely N-dealkylation sites (tertiary alicyclic amines) is 1. The Bertz CT molecular complexity index is 1520. The minimum atomic E-state index is -1.04. The first-order valence-electron chi connectivity index (χ1n) is 13.2. The summed E-state index contributed by atoms with van der Waals surface area (Å²) >= 11 is 0. The SMILES string of the molecule is CN1CCC(Nc2cccc(C(=O)N[C@H]3CCOc4c3ccc(F)c4F)c2)(c2nc(-c3ccncc3)n[nH]2)CC1. The Kier molecular flexibility index (Phi) is 6.89. The number of aromatic nitrogens is 4. The number of pyridine rings is 1.